The molecule has 0 saturated heterocycles. The van der Waals surface area contributed by atoms with Crippen molar-refractivity contribution in [2.45, 2.75) is 18.6 Å². The van der Waals surface area contributed by atoms with Gasteiger partial charge in [-0.25, -0.2) is 0 Å². The van der Waals surface area contributed by atoms with Crippen molar-refractivity contribution in [1.29, 1.82) is 0 Å². The van der Waals surface area contributed by atoms with Gasteiger partial charge in [-0.2, -0.15) is 0 Å². The molecule has 3 heteroatoms. The second kappa shape index (κ2) is 4.75. The molecule has 1 N–H and O–H groups in total. The van der Waals surface area contributed by atoms with Crippen molar-refractivity contribution in [3.8, 4) is 5.75 Å². The fourth-order valence-corrected chi connectivity index (χ4v) is 2.63. The maximum absolute atomic E-state index is 10.2. The highest BCUT2D eigenvalue weighted by Crippen LogP contribution is 2.41. The largest absolute Gasteiger partial charge is 0.485 e. The van der Waals surface area contributed by atoms with Crippen LogP contribution in [0, 0.1) is 0 Å². The van der Waals surface area contributed by atoms with Crippen LogP contribution in [0.5, 0.6) is 5.75 Å². The lowest BCUT2D eigenvalue weighted by atomic mass is 9.95. The first-order chi connectivity index (χ1) is 8.74. The lowest BCUT2D eigenvalue weighted by Crippen LogP contribution is -2.18. The van der Waals surface area contributed by atoms with Crippen molar-refractivity contribution < 1.29 is 9.84 Å². The zero-order valence-electron chi connectivity index (χ0n) is 9.71. The minimum Gasteiger partial charge on any atom is -0.485 e. The van der Waals surface area contributed by atoms with E-state index in [-0.39, 0.29) is 6.10 Å². The summed E-state index contributed by atoms with van der Waals surface area (Å²) in [5.74, 6) is 0.761. The average Bonchev–Trinajstić information content (AvgIpc) is 2.39. The molecule has 0 saturated carbocycles. The van der Waals surface area contributed by atoms with Crippen molar-refractivity contribution in [2.75, 3.05) is 0 Å². The smallest absolute Gasteiger partial charge is 0.127 e. The van der Waals surface area contributed by atoms with Gasteiger partial charge in [0, 0.05) is 16.5 Å². The number of aliphatic hydroxyl groups excluding tert-OH is 1. The van der Waals surface area contributed by atoms with Gasteiger partial charge in [0.05, 0.1) is 6.10 Å². The van der Waals surface area contributed by atoms with Gasteiger partial charge in [0.1, 0.15) is 11.9 Å². The molecule has 1 heterocycles. The molecule has 3 rings (SSSR count). The Balaban J connectivity index is 1.96. The summed E-state index contributed by atoms with van der Waals surface area (Å²) in [6, 6.07) is 15.8. The van der Waals surface area contributed by atoms with Crippen molar-refractivity contribution >= 4 is 15.9 Å². The van der Waals surface area contributed by atoms with Crippen LogP contribution in [0.25, 0.3) is 0 Å². The summed E-state index contributed by atoms with van der Waals surface area (Å²) in [6.07, 6.45) is 0.0496. The van der Waals surface area contributed by atoms with E-state index >= 15 is 0 Å². The Kier molecular flexibility index (Phi) is 3.10. The van der Waals surface area contributed by atoms with Crippen LogP contribution in [-0.2, 0) is 0 Å². The SMILES string of the molecule is O[C@H]1CC(c2ccccc2)Oc2cc(Br)ccc21. The van der Waals surface area contributed by atoms with Gasteiger partial charge < -0.3 is 9.84 Å². The maximum atomic E-state index is 10.2. The Morgan fingerprint density at radius 2 is 1.89 bits per heavy atom. The van der Waals surface area contributed by atoms with Crippen LogP contribution in [0.4, 0.5) is 0 Å². The number of fused-ring (bicyclic) bond motifs is 1. The first-order valence-corrected chi connectivity index (χ1v) is 6.72. The van der Waals surface area contributed by atoms with Crippen molar-refractivity contribution in [2.24, 2.45) is 0 Å². The number of benzene rings is 2. The maximum Gasteiger partial charge on any atom is 0.127 e. The fourth-order valence-electron chi connectivity index (χ4n) is 2.29. The van der Waals surface area contributed by atoms with Gasteiger partial charge in [-0.3, -0.25) is 0 Å². The van der Waals surface area contributed by atoms with E-state index in [0.29, 0.717) is 6.42 Å². The topological polar surface area (TPSA) is 29.5 Å². The van der Waals surface area contributed by atoms with Crippen LogP contribution >= 0.6 is 15.9 Å². The van der Waals surface area contributed by atoms with Crippen molar-refractivity contribution in [3.63, 3.8) is 0 Å². The number of hydrogen-bond acceptors (Lipinski definition) is 2. The van der Waals surface area contributed by atoms with Crippen LogP contribution in [0.15, 0.2) is 53.0 Å². The normalized spacial score (nSPS) is 22.1. The average molecular weight is 305 g/mol. The number of hydrogen-bond donors (Lipinski definition) is 1. The van der Waals surface area contributed by atoms with E-state index in [1.807, 2.05) is 48.5 Å². The monoisotopic (exact) mass is 304 g/mol. The van der Waals surface area contributed by atoms with Crippen molar-refractivity contribution in [3.05, 3.63) is 64.1 Å². The van der Waals surface area contributed by atoms with Gasteiger partial charge in [-0.15, -0.1) is 0 Å². The summed E-state index contributed by atoms with van der Waals surface area (Å²) in [6.45, 7) is 0. The summed E-state index contributed by atoms with van der Waals surface area (Å²) in [4.78, 5) is 0. The third-order valence-electron chi connectivity index (χ3n) is 3.21. The second-order valence-corrected chi connectivity index (χ2v) is 5.37. The highest BCUT2D eigenvalue weighted by Gasteiger charge is 2.27. The van der Waals surface area contributed by atoms with E-state index < -0.39 is 6.10 Å². The molecule has 0 bridgehead atoms. The van der Waals surface area contributed by atoms with Gasteiger partial charge in [0.15, 0.2) is 0 Å². The van der Waals surface area contributed by atoms with E-state index in [4.69, 9.17) is 4.74 Å². The third kappa shape index (κ3) is 2.16. The van der Waals surface area contributed by atoms with Crippen LogP contribution in [0.2, 0.25) is 0 Å². The fraction of sp³-hybridized carbons (Fsp3) is 0.200. The Morgan fingerprint density at radius 1 is 1.11 bits per heavy atom. The van der Waals surface area contributed by atoms with Gasteiger partial charge >= 0.3 is 0 Å². The summed E-state index contributed by atoms with van der Waals surface area (Å²) >= 11 is 3.42. The number of rotatable bonds is 1. The molecule has 0 spiro atoms. The summed E-state index contributed by atoms with van der Waals surface area (Å²) < 4.78 is 6.94. The molecular formula is C15H13BrO2. The summed E-state index contributed by atoms with van der Waals surface area (Å²) in [5.41, 5.74) is 1.97. The van der Waals surface area contributed by atoms with Gasteiger partial charge in [0.25, 0.3) is 0 Å². The van der Waals surface area contributed by atoms with Crippen LogP contribution in [-0.4, -0.2) is 5.11 Å². The van der Waals surface area contributed by atoms with E-state index in [2.05, 4.69) is 15.9 Å². The minimum atomic E-state index is -0.466. The zero-order chi connectivity index (χ0) is 12.5. The number of ether oxygens (including phenoxy) is 1. The molecule has 2 nitrogen and oxygen atoms in total. The Labute approximate surface area is 114 Å². The van der Waals surface area contributed by atoms with E-state index in [9.17, 15) is 5.11 Å². The van der Waals surface area contributed by atoms with Crippen molar-refractivity contribution in [1.82, 2.24) is 0 Å². The van der Waals surface area contributed by atoms with Crippen LogP contribution < -0.4 is 4.74 Å². The van der Waals surface area contributed by atoms with Gasteiger partial charge in [0.2, 0.25) is 0 Å². The second-order valence-electron chi connectivity index (χ2n) is 4.45. The number of halogens is 1. The molecule has 2 aromatic rings. The zero-order valence-corrected chi connectivity index (χ0v) is 11.3. The lowest BCUT2D eigenvalue weighted by Gasteiger charge is -2.30. The predicted octanol–water partition coefficient (Wildman–Crippen LogP) is 4.01. The first-order valence-electron chi connectivity index (χ1n) is 5.93. The van der Waals surface area contributed by atoms with E-state index in [0.717, 1.165) is 21.3 Å². The summed E-state index contributed by atoms with van der Waals surface area (Å²) in [5, 5.41) is 10.2. The third-order valence-corrected chi connectivity index (χ3v) is 3.71. The standard InChI is InChI=1S/C15H13BrO2/c16-11-6-7-12-13(17)9-14(18-15(12)8-11)10-4-2-1-3-5-10/h1-8,13-14,17H,9H2/t13-,14?/m0/s1. The lowest BCUT2D eigenvalue weighted by molar-refractivity contribution is 0.0657. The molecule has 2 atom stereocenters. The minimum absolute atomic E-state index is 0.0806. The molecule has 0 aliphatic carbocycles. The van der Waals surface area contributed by atoms with Crippen LogP contribution in [0.1, 0.15) is 29.8 Å². The Bertz CT molecular complexity index is 554. The molecule has 18 heavy (non-hydrogen) atoms. The Morgan fingerprint density at radius 3 is 2.67 bits per heavy atom. The van der Waals surface area contributed by atoms with Crippen LogP contribution in [0.3, 0.4) is 0 Å². The molecule has 1 aliphatic heterocycles. The quantitative estimate of drug-likeness (QED) is 0.862. The molecule has 0 fully saturated rings. The molecule has 2 aromatic carbocycles. The molecule has 1 aliphatic rings. The predicted molar refractivity (Wildman–Crippen MR) is 73.5 cm³/mol. The molecule has 0 aromatic heterocycles. The Hall–Kier alpha value is -1.32. The highest BCUT2D eigenvalue weighted by molar-refractivity contribution is 9.10. The van der Waals surface area contributed by atoms with Gasteiger partial charge in [-0.1, -0.05) is 52.3 Å². The molecular weight excluding hydrogens is 292 g/mol. The van der Waals surface area contributed by atoms with Gasteiger partial charge in [-0.05, 0) is 17.7 Å². The van der Waals surface area contributed by atoms with E-state index in [1.165, 1.54) is 0 Å². The molecule has 0 radical (unpaired) electrons. The highest BCUT2D eigenvalue weighted by atomic mass is 79.9. The van der Waals surface area contributed by atoms with E-state index in [1.54, 1.807) is 0 Å². The first kappa shape index (κ1) is 11.8. The molecule has 92 valence electrons. The number of aliphatic hydroxyl groups is 1. The molecule has 1 unspecified atom stereocenters. The summed E-state index contributed by atoms with van der Waals surface area (Å²) in [7, 11) is 0. The molecule has 0 amide bonds.